The second kappa shape index (κ2) is 13.0. The molecule has 156 valence electrons. The van der Waals surface area contributed by atoms with Crippen molar-refractivity contribution < 1.29 is 4.79 Å². The van der Waals surface area contributed by atoms with Gasteiger partial charge in [-0.25, -0.2) is 0 Å². The van der Waals surface area contributed by atoms with E-state index in [1.165, 1.54) is 50.5 Å². The molecule has 3 rings (SSSR count). The van der Waals surface area contributed by atoms with Crippen LogP contribution in [0.15, 0.2) is 36.4 Å². The average Bonchev–Trinajstić information content (AvgIpc) is 2.66. The summed E-state index contributed by atoms with van der Waals surface area (Å²) in [4.78, 5) is 15.0. The molecule has 0 radical (unpaired) electrons. The van der Waals surface area contributed by atoms with E-state index in [0.29, 0.717) is 17.9 Å². The van der Waals surface area contributed by atoms with Crippen molar-refractivity contribution >= 4 is 24.4 Å². The van der Waals surface area contributed by atoms with Crippen molar-refractivity contribution in [2.75, 3.05) is 19.6 Å². The zero-order chi connectivity index (χ0) is 18.7. The molecule has 1 saturated carbocycles. The van der Waals surface area contributed by atoms with Gasteiger partial charge in [0, 0.05) is 19.0 Å². The van der Waals surface area contributed by atoms with Gasteiger partial charge >= 0.3 is 0 Å². The summed E-state index contributed by atoms with van der Waals surface area (Å²) in [5.74, 6) is 0.857. The third-order valence-electron chi connectivity index (χ3n) is 6.12. The monoisotopic (exact) mass is 404 g/mol. The standard InChI is InChI=1S/C24H36N2O.ClH/c27-24(25-23-13-7-2-1-3-8-14-23)20-22-15-18-26(19-16-22)17-9-12-21-10-5-4-6-11-21;/h4-6,9-12,22-23H,1-3,7-8,13-20H2,(H,25,27);1H/b12-9+;. The van der Waals surface area contributed by atoms with Gasteiger partial charge in [0.25, 0.3) is 0 Å². The normalized spacial score (nSPS) is 20.3. The van der Waals surface area contributed by atoms with Crippen LogP contribution in [0.5, 0.6) is 0 Å². The number of carbonyl (C=O) groups is 1. The van der Waals surface area contributed by atoms with E-state index < -0.39 is 0 Å². The molecular formula is C24H37ClN2O. The summed E-state index contributed by atoms with van der Waals surface area (Å²) in [6, 6.07) is 10.9. The van der Waals surface area contributed by atoms with Gasteiger partial charge in [-0.3, -0.25) is 9.69 Å². The second-order valence-electron chi connectivity index (χ2n) is 8.37. The van der Waals surface area contributed by atoms with Crippen molar-refractivity contribution in [2.45, 2.75) is 70.3 Å². The maximum absolute atomic E-state index is 12.5. The van der Waals surface area contributed by atoms with Gasteiger partial charge in [-0.05, 0) is 50.3 Å². The van der Waals surface area contributed by atoms with Gasteiger partial charge in [0.2, 0.25) is 5.91 Å². The van der Waals surface area contributed by atoms with Crippen LogP contribution in [-0.4, -0.2) is 36.5 Å². The van der Waals surface area contributed by atoms with Crippen LogP contribution in [0.1, 0.15) is 69.8 Å². The predicted octanol–water partition coefficient (Wildman–Crippen LogP) is 5.45. The van der Waals surface area contributed by atoms with Gasteiger partial charge in [-0.15, -0.1) is 12.4 Å². The van der Waals surface area contributed by atoms with Crippen LogP contribution in [0.3, 0.4) is 0 Å². The molecule has 0 unspecified atom stereocenters. The molecule has 4 heteroatoms. The van der Waals surface area contributed by atoms with E-state index in [-0.39, 0.29) is 12.4 Å². The highest BCUT2D eigenvalue weighted by Gasteiger charge is 2.22. The Morgan fingerprint density at radius 1 is 0.964 bits per heavy atom. The van der Waals surface area contributed by atoms with E-state index in [1.807, 2.05) is 0 Å². The van der Waals surface area contributed by atoms with Crippen LogP contribution in [0.4, 0.5) is 0 Å². The van der Waals surface area contributed by atoms with Gasteiger partial charge in [0.1, 0.15) is 0 Å². The first kappa shape index (κ1) is 23.0. The minimum atomic E-state index is 0. The zero-order valence-electron chi connectivity index (χ0n) is 17.2. The molecule has 3 nitrogen and oxygen atoms in total. The zero-order valence-corrected chi connectivity index (χ0v) is 18.0. The highest BCUT2D eigenvalue weighted by molar-refractivity contribution is 5.85. The van der Waals surface area contributed by atoms with Crippen molar-refractivity contribution in [1.29, 1.82) is 0 Å². The van der Waals surface area contributed by atoms with E-state index >= 15 is 0 Å². The highest BCUT2D eigenvalue weighted by Crippen LogP contribution is 2.22. The molecular weight excluding hydrogens is 368 g/mol. The van der Waals surface area contributed by atoms with Crippen molar-refractivity contribution in [3.63, 3.8) is 0 Å². The summed E-state index contributed by atoms with van der Waals surface area (Å²) in [5.41, 5.74) is 1.26. The van der Waals surface area contributed by atoms with Crippen LogP contribution >= 0.6 is 12.4 Å². The van der Waals surface area contributed by atoms with Gasteiger partial charge in [0.15, 0.2) is 0 Å². The Bertz CT molecular complexity index is 574. The van der Waals surface area contributed by atoms with Gasteiger partial charge in [-0.2, -0.15) is 0 Å². The first-order valence-corrected chi connectivity index (χ1v) is 11.0. The number of carbonyl (C=O) groups excluding carboxylic acids is 1. The lowest BCUT2D eigenvalue weighted by Gasteiger charge is -2.31. The molecule has 28 heavy (non-hydrogen) atoms. The summed E-state index contributed by atoms with van der Waals surface area (Å²) in [6.07, 6.45) is 16.5. The first-order valence-electron chi connectivity index (χ1n) is 11.0. The van der Waals surface area contributed by atoms with Crippen LogP contribution in [0.2, 0.25) is 0 Å². The Kier molecular flexibility index (Phi) is 10.7. The first-order chi connectivity index (χ1) is 13.3. The number of hydrogen-bond donors (Lipinski definition) is 1. The van der Waals surface area contributed by atoms with E-state index in [2.05, 4.69) is 52.7 Å². The van der Waals surface area contributed by atoms with Crippen molar-refractivity contribution in [1.82, 2.24) is 10.2 Å². The van der Waals surface area contributed by atoms with Gasteiger partial charge in [0.05, 0.1) is 0 Å². The van der Waals surface area contributed by atoms with Gasteiger partial charge in [-0.1, -0.05) is 74.6 Å². The van der Waals surface area contributed by atoms with Crippen LogP contribution in [0.25, 0.3) is 6.08 Å². The highest BCUT2D eigenvalue weighted by atomic mass is 35.5. The fourth-order valence-electron chi connectivity index (χ4n) is 4.42. The molecule has 2 aliphatic rings. The quantitative estimate of drug-likeness (QED) is 0.683. The number of likely N-dealkylation sites (tertiary alicyclic amines) is 1. The van der Waals surface area contributed by atoms with Crippen molar-refractivity contribution in [3.8, 4) is 0 Å². The number of rotatable bonds is 6. The lowest BCUT2D eigenvalue weighted by Crippen LogP contribution is -2.39. The Hall–Kier alpha value is -1.32. The number of amides is 1. The lowest BCUT2D eigenvalue weighted by molar-refractivity contribution is -0.123. The Labute approximate surface area is 177 Å². The maximum Gasteiger partial charge on any atom is 0.220 e. The van der Waals surface area contributed by atoms with Crippen LogP contribution in [-0.2, 0) is 4.79 Å². The molecule has 1 aliphatic heterocycles. The Balaban J connectivity index is 0.00000280. The van der Waals surface area contributed by atoms with Crippen molar-refractivity contribution in [3.05, 3.63) is 42.0 Å². The summed E-state index contributed by atoms with van der Waals surface area (Å²) >= 11 is 0. The molecule has 0 spiro atoms. The molecule has 0 bridgehead atoms. The molecule has 1 N–H and O–H groups in total. The summed E-state index contributed by atoms with van der Waals surface area (Å²) in [6.45, 7) is 3.23. The Morgan fingerprint density at radius 2 is 1.61 bits per heavy atom. The van der Waals surface area contributed by atoms with E-state index in [9.17, 15) is 4.79 Å². The smallest absolute Gasteiger partial charge is 0.220 e. The maximum atomic E-state index is 12.5. The third-order valence-corrected chi connectivity index (χ3v) is 6.12. The van der Waals surface area contributed by atoms with E-state index in [0.717, 1.165) is 38.9 Å². The Morgan fingerprint density at radius 3 is 2.29 bits per heavy atom. The molecule has 0 atom stereocenters. The van der Waals surface area contributed by atoms with Crippen molar-refractivity contribution in [2.24, 2.45) is 5.92 Å². The van der Waals surface area contributed by atoms with E-state index in [1.54, 1.807) is 0 Å². The molecule has 0 aromatic heterocycles. The minimum absolute atomic E-state index is 0. The third kappa shape index (κ3) is 8.36. The lowest BCUT2D eigenvalue weighted by atomic mass is 9.92. The number of piperidine rings is 1. The van der Waals surface area contributed by atoms with Gasteiger partial charge < -0.3 is 5.32 Å². The molecule has 1 aliphatic carbocycles. The molecule has 1 amide bonds. The van der Waals surface area contributed by atoms with Crippen LogP contribution in [0, 0.1) is 5.92 Å². The molecule has 1 heterocycles. The molecule has 1 saturated heterocycles. The fraction of sp³-hybridized carbons (Fsp3) is 0.625. The second-order valence-corrected chi connectivity index (χ2v) is 8.37. The number of benzene rings is 1. The number of hydrogen-bond acceptors (Lipinski definition) is 2. The molecule has 1 aromatic carbocycles. The summed E-state index contributed by atoms with van der Waals surface area (Å²) in [5, 5.41) is 3.33. The SMILES string of the molecule is Cl.O=C(CC1CCN(C/C=C/c2ccccc2)CC1)NC1CCCCCCC1. The number of nitrogens with zero attached hydrogens (tertiary/aromatic N) is 1. The number of nitrogens with one attached hydrogen (secondary N) is 1. The molecule has 1 aromatic rings. The average molecular weight is 405 g/mol. The van der Waals surface area contributed by atoms with E-state index in [4.69, 9.17) is 0 Å². The minimum Gasteiger partial charge on any atom is -0.353 e. The fourth-order valence-corrected chi connectivity index (χ4v) is 4.42. The largest absolute Gasteiger partial charge is 0.353 e. The molecule has 2 fully saturated rings. The number of halogens is 1. The summed E-state index contributed by atoms with van der Waals surface area (Å²) in [7, 11) is 0. The topological polar surface area (TPSA) is 32.3 Å². The van der Waals surface area contributed by atoms with Crippen LogP contribution < -0.4 is 5.32 Å². The summed E-state index contributed by atoms with van der Waals surface area (Å²) < 4.78 is 0. The predicted molar refractivity (Wildman–Crippen MR) is 121 cm³/mol.